The molecule has 3 aromatic rings. The Kier molecular flexibility index (Phi) is 6.11. The minimum absolute atomic E-state index is 0.00976. The number of alkyl halides is 3. The van der Waals surface area contributed by atoms with Gasteiger partial charge in [0.05, 0.1) is 22.4 Å². The molecule has 0 radical (unpaired) electrons. The van der Waals surface area contributed by atoms with Gasteiger partial charge < -0.3 is 5.32 Å². The Labute approximate surface area is 184 Å². The van der Waals surface area contributed by atoms with Gasteiger partial charge in [-0.2, -0.15) is 13.2 Å². The Morgan fingerprint density at radius 1 is 1.29 bits per heavy atom. The van der Waals surface area contributed by atoms with E-state index in [1.807, 2.05) is 0 Å². The molecular weight excluding hydrogens is 447 g/mol. The van der Waals surface area contributed by atoms with Crippen molar-refractivity contribution in [2.45, 2.75) is 43.9 Å². The first-order valence-electron chi connectivity index (χ1n) is 9.94. The number of benzene rings is 1. The van der Waals surface area contributed by atoms with Gasteiger partial charge in [-0.25, -0.2) is 4.98 Å². The number of halogens is 3. The molecule has 0 atom stereocenters. The van der Waals surface area contributed by atoms with E-state index in [0.29, 0.717) is 16.8 Å². The van der Waals surface area contributed by atoms with Crippen LogP contribution in [0.2, 0.25) is 0 Å². The molecule has 4 rings (SSSR count). The van der Waals surface area contributed by atoms with Crippen LogP contribution in [-0.2, 0) is 23.8 Å². The fourth-order valence-electron chi connectivity index (χ4n) is 3.71. The van der Waals surface area contributed by atoms with Crippen LogP contribution in [0.5, 0.6) is 0 Å². The van der Waals surface area contributed by atoms with Gasteiger partial charge in [-0.3, -0.25) is 14.2 Å². The molecule has 1 N–H and O–H groups in total. The molecule has 0 unspecified atom stereocenters. The average molecular weight is 468 g/mol. The summed E-state index contributed by atoms with van der Waals surface area (Å²) in [6.07, 6.45) is -0.885. The summed E-state index contributed by atoms with van der Waals surface area (Å²) in [5.41, 5.74) is -0.181. The molecule has 0 saturated carbocycles. The Morgan fingerprint density at radius 3 is 2.81 bits per heavy atom. The molecular formula is C21H20F3N3O2S2. The predicted molar refractivity (Wildman–Crippen MR) is 116 cm³/mol. The van der Waals surface area contributed by atoms with Crippen LogP contribution >= 0.6 is 23.1 Å². The highest BCUT2D eigenvalue weighted by Crippen LogP contribution is 2.36. The van der Waals surface area contributed by atoms with Crippen LogP contribution in [0.15, 0.2) is 34.2 Å². The standard InChI is InChI=1S/C21H20F3N3O2S2/c1-2-25-16(28)11-30-20-26-18-17(14-8-3-4-9-15(14)31-18)19(29)27(20)13-7-5-6-12(10-13)21(22,23)24/h5-7,10H,2-4,8-9,11H2,1H3,(H,25,28). The largest absolute Gasteiger partial charge is 0.416 e. The fourth-order valence-corrected chi connectivity index (χ4v) is 5.86. The highest BCUT2D eigenvalue weighted by atomic mass is 32.2. The van der Waals surface area contributed by atoms with Crippen LogP contribution in [0.25, 0.3) is 15.9 Å². The summed E-state index contributed by atoms with van der Waals surface area (Å²) in [5, 5.41) is 3.37. The van der Waals surface area contributed by atoms with E-state index in [4.69, 9.17) is 0 Å². The molecule has 1 aromatic carbocycles. The minimum Gasteiger partial charge on any atom is -0.356 e. The average Bonchev–Trinajstić information content (AvgIpc) is 3.10. The second-order valence-corrected chi connectivity index (χ2v) is 9.24. The molecule has 1 aliphatic rings. The zero-order valence-electron chi connectivity index (χ0n) is 16.7. The first-order valence-corrected chi connectivity index (χ1v) is 11.7. The zero-order valence-corrected chi connectivity index (χ0v) is 18.3. The molecule has 1 aliphatic carbocycles. The van der Waals surface area contributed by atoms with Gasteiger partial charge in [-0.15, -0.1) is 11.3 Å². The number of fused-ring (bicyclic) bond motifs is 3. The number of carbonyl (C=O) groups excluding carboxylic acids is 1. The summed E-state index contributed by atoms with van der Waals surface area (Å²) < 4.78 is 41.1. The van der Waals surface area contributed by atoms with Crippen LogP contribution in [0.3, 0.4) is 0 Å². The number of carbonyl (C=O) groups is 1. The number of hydrogen-bond donors (Lipinski definition) is 1. The number of hydrogen-bond acceptors (Lipinski definition) is 5. The van der Waals surface area contributed by atoms with Crippen molar-refractivity contribution in [3.8, 4) is 5.69 Å². The lowest BCUT2D eigenvalue weighted by molar-refractivity contribution is -0.137. The maximum atomic E-state index is 13.5. The molecule has 1 amide bonds. The van der Waals surface area contributed by atoms with Crippen molar-refractivity contribution in [2.24, 2.45) is 0 Å². The van der Waals surface area contributed by atoms with E-state index in [0.717, 1.165) is 60.0 Å². The number of nitrogens with one attached hydrogen (secondary N) is 1. The SMILES string of the molecule is CCNC(=O)CSc1nc2sc3c(c2c(=O)n1-c1cccc(C(F)(F)F)c1)CCCC3. The van der Waals surface area contributed by atoms with Crippen molar-refractivity contribution in [1.29, 1.82) is 0 Å². The van der Waals surface area contributed by atoms with Gasteiger partial charge >= 0.3 is 6.18 Å². The summed E-state index contributed by atoms with van der Waals surface area (Å²) in [6, 6.07) is 4.65. The predicted octanol–water partition coefficient (Wildman–Crippen LogP) is 4.57. The van der Waals surface area contributed by atoms with Crippen LogP contribution in [0.1, 0.15) is 35.8 Å². The Morgan fingerprint density at radius 2 is 2.06 bits per heavy atom. The number of amides is 1. The summed E-state index contributed by atoms with van der Waals surface area (Å²) >= 11 is 2.51. The first-order chi connectivity index (χ1) is 14.8. The Balaban J connectivity index is 1.90. The topological polar surface area (TPSA) is 64.0 Å². The Bertz CT molecular complexity index is 1200. The van der Waals surface area contributed by atoms with Crippen LogP contribution in [0.4, 0.5) is 13.2 Å². The highest BCUT2D eigenvalue weighted by molar-refractivity contribution is 7.99. The summed E-state index contributed by atoms with van der Waals surface area (Å²) in [5.74, 6) is -0.224. The molecule has 0 aliphatic heterocycles. The van der Waals surface area contributed by atoms with Gasteiger partial charge in [0.25, 0.3) is 5.56 Å². The molecule has 164 valence electrons. The summed E-state index contributed by atoms with van der Waals surface area (Å²) in [7, 11) is 0. The lowest BCUT2D eigenvalue weighted by Gasteiger charge is -2.15. The van der Waals surface area contributed by atoms with Crippen molar-refractivity contribution in [3.63, 3.8) is 0 Å². The molecule has 10 heteroatoms. The van der Waals surface area contributed by atoms with Gasteiger partial charge in [0.2, 0.25) is 5.91 Å². The van der Waals surface area contributed by atoms with Gasteiger partial charge in [0, 0.05) is 11.4 Å². The van der Waals surface area contributed by atoms with E-state index < -0.39 is 11.7 Å². The van der Waals surface area contributed by atoms with Crippen molar-refractivity contribution in [1.82, 2.24) is 14.9 Å². The first kappa shape index (κ1) is 21.9. The van der Waals surface area contributed by atoms with Crippen LogP contribution in [-0.4, -0.2) is 27.8 Å². The van der Waals surface area contributed by atoms with Gasteiger partial charge in [-0.1, -0.05) is 17.8 Å². The van der Waals surface area contributed by atoms with E-state index in [-0.39, 0.29) is 28.1 Å². The molecule has 0 saturated heterocycles. The molecule has 2 heterocycles. The monoisotopic (exact) mass is 467 g/mol. The van der Waals surface area contributed by atoms with Gasteiger partial charge in [0.1, 0.15) is 4.83 Å². The number of aryl methyl sites for hydroxylation is 2. The van der Waals surface area contributed by atoms with Gasteiger partial charge in [-0.05, 0) is 56.4 Å². The van der Waals surface area contributed by atoms with Crippen LogP contribution in [0, 0.1) is 0 Å². The summed E-state index contributed by atoms with van der Waals surface area (Å²) in [4.78, 5) is 31.8. The molecule has 31 heavy (non-hydrogen) atoms. The molecule has 2 aromatic heterocycles. The minimum atomic E-state index is -4.53. The normalized spacial score (nSPS) is 13.9. The smallest absolute Gasteiger partial charge is 0.356 e. The Hall–Kier alpha value is -2.33. The number of thiophene rings is 1. The highest BCUT2D eigenvalue weighted by Gasteiger charge is 2.31. The number of aromatic nitrogens is 2. The van der Waals surface area contributed by atoms with E-state index in [1.54, 1.807) is 6.92 Å². The van der Waals surface area contributed by atoms with E-state index in [1.165, 1.54) is 28.0 Å². The second kappa shape index (κ2) is 8.66. The molecule has 0 bridgehead atoms. The third-order valence-electron chi connectivity index (χ3n) is 5.10. The maximum Gasteiger partial charge on any atom is 0.416 e. The third-order valence-corrected chi connectivity index (χ3v) is 7.22. The number of rotatable bonds is 5. The van der Waals surface area contributed by atoms with E-state index in [2.05, 4.69) is 10.3 Å². The van der Waals surface area contributed by atoms with Crippen molar-refractivity contribution in [2.75, 3.05) is 12.3 Å². The molecule has 0 fully saturated rings. The maximum absolute atomic E-state index is 13.5. The fraction of sp³-hybridized carbons (Fsp3) is 0.381. The zero-order chi connectivity index (χ0) is 22.2. The second-order valence-electron chi connectivity index (χ2n) is 7.22. The van der Waals surface area contributed by atoms with Gasteiger partial charge in [0.15, 0.2) is 5.16 Å². The number of thioether (sulfide) groups is 1. The van der Waals surface area contributed by atoms with Crippen LogP contribution < -0.4 is 10.9 Å². The number of nitrogens with zero attached hydrogens (tertiary/aromatic N) is 2. The van der Waals surface area contributed by atoms with E-state index in [9.17, 15) is 22.8 Å². The molecule has 0 spiro atoms. The van der Waals surface area contributed by atoms with E-state index >= 15 is 0 Å². The van der Waals surface area contributed by atoms with Crippen molar-refractivity contribution < 1.29 is 18.0 Å². The van der Waals surface area contributed by atoms with Crippen molar-refractivity contribution in [3.05, 3.63) is 50.6 Å². The summed E-state index contributed by atoms with van der Waals surface area (Å²) in [6.45, 7) is 2.26. The molecule has 5 nitrogen and oxygen atoms in total. The lowest BCUT2D eigenvalue weighted by Crippen LogP contribution is -2.26. The third kappa shape index (κ3) is 4.36. The quantitative estimate of drug-likeness (QED) is 0.441. The van der Waals surface area contributed by atoms with Crippen molar-refractivity contribution >= 4 is 39.2 Å². The lowest BCUT2D eigenvalue weighted by atomic mass is 9.97.